The van der Waals surface area contributed by atoms with E-state index in [1.54, 1.807) is 12.1 Å². The molecule has 9 heteroatoms. The van der Waals surface area contributed by atoms with E-state index < -0.39 is 18.3 Å². The summed E-state index contributed by atoms with van der Waals surface area (Å²) in [5.74, 6) is -1.55. The van der Waals surface area contributed by atoms with Crippen molar-refractivity contribution in [3.63, 3.8) is 0 Å². The highest BCUT2D eigenvalue weighted by Crippen LogP contribution is 2.27. The molecule has 0 saturated heterocycles. The van der Waals surface area contributed by atoms with Crippen LogP contribution in [0.1, 0.15) is 6.42 Å². The summed E-state index contributed by atoms with van der Waals surface area (Å²) in [5.41, 5.74) is 0.838. The van der Waals surface area contributed by atoms with Gasteiger partial charge in [-0.05, 0) is 28.6 Å². The molecule has 0 aliphatic rings. The monoisotopic (exact) mass is 281 g/mol. The van der Waals surface area contributed by atoms with Gasteiger partial charge in [0.15, 0.2) is 5.82 Å². The molecule has 1 aromatic carbocycles. The lowest BCUT2D eigenvalue weighted by Gasteiger charge is -2.08. The van der Waals surface area contributed by atoms with Gasteiger partial charge in [0.05, 0.1) is 5.69 Å². The van der Waals surface area contributed by atoms with Gasteiger partial charge in [-0.3, -0.25) is 9.59 Å². The highest BCUT2D eigenvalue weighted by molar-refractivity contribution is 6.31. The van der Waals surface area contributed by atoms with Crippen molar-refractivity contribution in [2.24, 2.45) is 0 Å². The quantitative estimate of drug-likeness (QED) is 0.717. The number of nitrogens with one attached hydrogen (secondary N) is 2. The Bertz CT molecular complexity index is 614. The van der Waals surface area contributed by atoms with Gasteiger partial charge in [-0.15, -0.1) is 5.10 Å². The van der Waals surface area contributed by atoms with Crippen molar-refractivity contribution in [1.29, 1.82) is 0 Å². The van der Waals surface area contributed by atoms with E-state index in [2.05, 4.69) is 25.9 Å². The van der Waals surface area contributed by atoms with E-state index in [-0.39, 0.29) is 0 Å². The first-order chi connectivity index (χ1) is 9.06. The fourth-order valence-electron chi connectivity index (χ4n) is 1.43. The van der Waals surface area contributed by atoms with Crippen LogP contribution in [0, 0.1) is 0 Å². The number of aromatic amines is 1. The van der Waals surface area contributed by atoms with Gasteiger partial charge >= 0.3 is 5.97 Å². The minimum absolute atomic E-state index is 0.331. The smallest absolute Gasteiger partial charge is 0.312 e. The van der Waals surface area contributed by atoms with Gasteiger partial charge < -0.3 is 10.4 Å². The first kappa shape index (κ1) is 13.0. The van der Waals surface area contributed by atoms with Crippen molar-refractivity contribution in [2.45, 2.75) is 6.42 Å². The summed E-state index contributed by atoms with van der Waals surface area (Å²) in [5, 5.41) is 24.5. The highest BCUT2D eigenvalue weighted by Gasteiger charge is 2.13. The molecule has 0 fully saturated rings. The second kappa shape index (κ2) is 5.44. The third-order valence-corrected chi connectivity index (χ3v) is 2.40. The maximum Gasteiger partial charge on any atom is 0.312 e. The van der Waals surface area contributed by atoms with Crippen LogP contribution >= 0.6 is 11.6 Å². The van der Waals surface area contributed by atoms with Crippen molar-refractivity contribution >= 4 is 29.2 Å². The van der Waals surface area contributed by atoms with Crippen LogP contribution in [0.15, 0.2) is 18.2 Å². The zero-order valence-electron chi connectivity index (χ0n) is 9.42. The second-order valence-corrected chi connectivity index (χ2v) is 3.99. The summed E-state index contributed by atoms with van der Waals surface area (Å²) < 4.78 is 0. The number of halogens is 1. The van der Waals surface area contributed by atoms with E-state index in [4.69, 9.17) is 16.7 Å². The largest absolute Gasteiger partial charge is 0.481 e. The third kappa shape index (κ3) is 3.26. The number of amides is 1. The Morgan fingerprint density at radius 1 is 1.42 bits per heavy atom. The molecule has 0 bridgehead atoms. The summed E-state index contributed by atoms with van der Waals surface area (Å²) in [6.45, 7) is 0. The predicted molar refractivity (Wildman–Crippen MR) is 65.5 cm³/mol. The van der Waals surface area contributed by atoms with Crippen LogP contribution < -0.4 is 5.32 Å². The van der Waals surface area contributed by atoms with Crippen molar-refractivity contribution in [3.8, 4) is 11.4 Å². The number of carboxylic acids is 1. The number of nitrogens with zero attached hydrogens (tertiary/aromatic N) is 3. The van der Waals surface area contributed by atoms with E-state index in [0.29, 0.717) is 22.1 Å². The standard InChI is InChI=1S/C10H8ClN5O3/c11-5-1-2-6(10-13-15-16-14-10)7(3-5)12-8(17)4-9(18)19/h1-3H,4H2,(H,12,17)(H,18,19)(H,13,14,15,16). The average Bonchev–Trinajstić information content (AvgIpc) is 2.81. The molecule has 0 atom stereocenters. The van der Waals surface area contributed by atoms with Crippen LogP contribution in [-0.2, 0) is 9.59 Å². The van der Waals surface area contributed by atoms with Gasteiger partial charge in [0.2, 0.25) is 5.91 Å². The summed E-state index contributed by atoms with van der Waals surface area (Å²) >= 11 is 5.84. The van der Waals surface area contributed by atoms with Crippen molar-refractivity contribution < 1.29 is 14.7 Å². The maximum absolute atomic E-state index is 11.5. The minimum Gasteiger partial charge on any atom is -0.481 e. The summed E-state index contributed by atoms with van der Waals surface area (Å²) in [4.78, 5) is 21.9. The average molecular weight is 282 g/mol. The van der Waals surface area contributed by atoms with E-state index in [1.807, 2.05) is 0 Å². The fraction of sp³-hybridized carbons (Fsp3) is 0.100. The third-order valence-electron chi connectivity index (χ3n) is 2.17. The molecule has 19 heavy (non-hydrogen) atoms. The van der Waals surface area contributed by atoms with Crippen LogP contribution in [0.3, 0.4) is 0 Å². The van der Waals surface area contributed by atoms with E-state index >= 15 is 0 Å². The van der Waals surface area contributed by atoms with Gasteiger partial charge in [-0.25, -0.2) is 5.10 Å². The first-order valence-corrected chi connectivity index (χ1v) is 5.49. The molecule has 0 aliphatic heterocycles. The Kier molecular flexibility index (Phi) is 3.71. The number of aliphatic carboxylic acids is 1. The molecular formula is C10H8ClN5O3. The van der Waals surface area contributed by atoms with Gasteiger partial charge in [0.1, 0.15) is 6.42 Å². The molecule has 0 aliphatic carbocycles. The van der Waals surface area contributed by atoms with Crippen molar-refractivity contribution in [2.75, 3.05) is 5.32 Å². The van der Waals surface area contributed by atoms with Crippen LogP contribution in [0.4, 0.5) is 5.69 Å². The lowest BCUT2D eigenvalue weighted by Crippen LogP contribution is -2.16. The van der Waals surface area contributed by atoms with E-state index in [0.717, 1.165) is 0 Å². The zero-order valence-corrected chi connectivity index (χ0v) is 10.2. The molecule has 2 rings (SSSR count). The maximum atomic E-state index is 11.5. The number of aromatic nitrogens is 4. The Morgan fingerprint density at radius 2 is 2.21 bits per heavy atom. The number of hydrogen-bond acceptors (Lipinski definition) is 5. The molecule has 2 aromatic rings. The van der Waals surface area contributed by atoms with E-state index in [9.17, 15) is 9.59 Å². The van der Waals surface area contributed by atoms with Crippen LogP contribution in [0.2, 0.25) is 5.02 Å². The Hall–Kier alpha value is -2.48. The number of hydrogen-bond donors (Lipinski definition) is 3. The number of benzene rings is 1. The molecule has 0 saturated carbocycles. The van der Waals surface area contributed by atoms with Crippen molar-refractivity contribution in [1.82, 2.24) is 20.6 Å². The minimum atomic E-state index is -1.22. The summed E-state index contributed by atoms with van der Waals surface area (Å²) in [6.07, 6.45) is -0.638. The molecule has 8 nitrogen and oxygen atoms in total. The van der Waals surface area contributed by atoms with Gasteiger partial charge in [-0.1, -0.05) is 11.6 Å². The van der Waals surface area contributed by atoms with E-state index in [1.165, 1.54) is 6.07 Å². The zero-order chi connectivity index (χ0) is 13.8. The molecule has 98 valence electrons. The van der Waals surface area contributed by atoms with Crippen LogP contribution in [0.25, 0.3) is 11.4 Å². The Labute approximate surface area is 111 Å². The second-order valence-electron chi connectivity index (χ2n) is 3.56. The van der Waals surface area contributed by atoms with Gasteiger partial charge in [0.25, 0.3) is 0 Å². The number of H-pyrrole nitrogens is 1. The molecule has 0 unspecified atom stereocenters. The SMILES string of the molecule is O=C(O)CC(=O)Nc1cc(Cl)ccc1-c1nnn[nH]1. The van der Waals surface area contributed by atoms with Gasteiger partial charge in [0, 0.05) is 10.6 Å². The van der Waals surface area contributed by atoms with Crippen LogP contribution in [0.5, 0.6) is 0 Å². The molecule has 1 amide bonds. The lowest BCUT2D eigenvalue weighted by molar-refractivity contribution is -0.139. The predicted octanol–water partition coefficient (Wildman–Crippen LogP) is 0.933. The molecule has 3 N–H and O–H groups in total. The Balaban J connectivity index is 2.30. The molecule has 0 radical (unpaired) electrons. The first-order valence-electron chi connectivity index (χ1n) is 5.11. The Morgan fingerprint density at radius 3 is 2.84 bits per heavy atom. The number of tetrazole rings is 1. The molecular weight excluding hydrogens is 274 g/mol. The number of rotatable bonds is 4. The topological polar surface area (TPSA) is 121 Å². The molecule has 1 aromatic heterocycles. The fourth-order valence-corrected chi connectivity index (χ4v) is 1.60. The summed E-state index contributed by atoms with van der Waals surface area (Å²) in [7, 11) is 0. The highest BCUT2D eigenvalue weighted by atomic mass is 35.5. The number of carbonyl (C=O) groups excluding carboxylic acids is 1. The van der Waals surface area contributed by atoms with Gasteiger partial charge in [-0.2, -0.15) is 0 Å². The normalized spacial score (nSPS) is 10.2. The number of anilines is 1. The van der Waals surface area contributed by atoms with Crippen molar-refractivity contribution in [3.05, 3.63) is 23.2 Å². The number of carbonyl (C=O) groups is 2. The molecule has 0 spiro atoms. The lowest BCUT2D eigenvalue weighted by atomic mass is 10.1. The van der Waals surface area contributed by atoms with Crippen LogP contribution in [-0.4, -0.2) is 37.6 Å². The summed E-state index contributed by atoms with van der Waals surface area (Å²) in [6, 6.07) is 4.70. The molecule has 1 heterocycles. The number of carboxylic acid groups (broad SMARTS) is 1.